The standard InChI is InChI=1S/C20H25F2N3/c1-24(2)17-7-4-15(5-8-17)20(25-12-3-10-23-11-13-25)18-9-6-16(21)14-19(18)22/h4-9,14,20,23H,3,10-13H2,1-2H3. The lowest BCUT2D eigenvalue weighted by atomic mass is 9.95. The fourth-order valence-corrected chi connectivity index (χ4v) is 3.39. The van der Waals surface area contributed by atoms with Crippen LogP contribution in [0.5, 0.6) is 0 Å². The van der Waals surface area contributed by atoms with E-state index >= 15 is 0 Å². The van der Waals surface area contributed by atoms with E-state index in [1.54, 1.807) is 6.07 Å². The fourth-order valence-electron chi connectivity index (χ4n) is 3.39. The smallest absolute Gasteiger partial charge is 0.131 e. The van der Waals surface area contributed by atoms with Crippen LogP contribution in [0, 0.1) is 11.6 Å². The lowest BCUT2D eigenvalue weighted by molar-refractivity contribution is 0.236. The van der Waals surface area contributed by atoms with Gasteiger partial charge in [0.05, 0.1) is 6.04 Å². The highest BCUT2D eigenvalue weighted by molar-refractivity contribution is 5.48. The van der Waals surface area contributed by atoms with E-state index in [9.17, 15) is 8.78 Å². The minimum atomic E-state index is -0.541. The zero-order chi connectivity index (χ0) is 17.8. The average Bonchev–Trinajstić information content (AvgIpc) is 2.87. The Morgan fingerprint density at radius 3 is 2.44 bits per heavy atom. The summed E-state index contributed by atoms with van der Waals surface area (Å²) in [6.07, 6.45) is 1.01. The Morgan fingerprint density at radius 1 is 1.00 bits per heavy atom. The van der Waals surface area contributed by atoms with Crippen molar-refractivity contribution < 1.29 is 8.78 Å². The van der Waals surface area contributed by atoms with E-state index < -0.39 is 11.6 Å². The third kappa shape index (κ3) is 4.17. The highest BCUT2D eigenvalue weighted by Crippen LogP contribution is 2.32. The third-order valence-corrected chi connectivity index (χ3v) is 4.72. The van der Waals surface area contributed by atoms with E-state index in [4.69, 9.17) is 0 Å². The molecule has 1 heterocycles. The zero-order valence-electron chi connectivity index (χ0n) is 14.8. The van der Waals surface area contributed by atoms with Crippen molar-refractivity contribution in [2.24, 2.45) is 0 Å². The molecule has 134 valence electrons. The predicted octanol–water partition coefficient (Wildman–Crippen LogP) is 3.42. The van der Waals surface area contributed by atoms with Crippen LogP contribution >= 0.6 is 0 Å². The average molecular weight is 345 g/mol. The zero-order valence-corrected chi connectivity index (χ0v) is 14.8. The van der Waals surface area contributed by atoms with E-state index in [0.29, 0.717) is 5.56 Å². The molecule has 3 nitrogen and oxygen atoms in total. The van der Waals surface area contributed by atoms with Crippen LogP contribution in [-0.2, 0) is 0 Å². The number of halogens is 2. The van der Waals surface area contributed by atoms with Crippen LogP contribution in [0.3, 0.4) is 0 Å². The Bertz CT molecular complexity index is 693. The van der Waals surface area contributed by atoms with E-state index in [1.165, 1.54) is 6.07 Å². The van der Waals surface area contributed by atoms with Crippen molar-refractivity contribution in [3.05, 3.63) is 65.2 Å². The molecule has 2 aromatic carbocycles. The minimum Gasteiger partial charge on any atom is -0.378 e. The van der Waals surface area contributed by atoms with Gasteiger partial charge in [-0.25, -0.2) is 8.78 Å². The molecule has 0 spiro atoms. The van der Waals surface area contributed by atoms with Gasteiger partial charge in [0, 0.05) is 51.0 Å². The number of nitrogens with one attached hydrogen (secondary N) is 1. The largest absolute Gasteiger partial charge is 0.378 e. The molecule has 0 aliphatic carbocycles. The molecule has 0 amide bonds. The summed E-state index contributed by atoms with van der Waals surface area (Å²) in [5, 5.41) is 3.38. The molecule has 25 heavy (non-hydrogen) atoms. The molecule has 1 N–H and O–H groups in total. The summed E-state index contributed by atoms with van der Waals surface area (Å²) < 4.78 is 28.0. The van der Waals surface area contributed by atoms with Gasteiger partial charge in [-0.1, -0.05) is 18.2 Å². The molecule has 0 aromatic heterocycles. The molecule has 0 radical (unpaired) electrons. The maximum atomic E-state index is 14.6. The molecular formula is C20H25F2N3. The van der Waals surface area contributed by atoms with Gasteiger partial charge in [-0.2, -0.15) is 0 Å². The van der Waals surface area contributed by atoms with Gasteiger partial charge in [-0.3, -0.25) is 4.90 Å². The number of rotatable bonds is 4. The maximum absolute atomic E-state index is 14.6. The second-order valence-electron chi connectivity index (χ2n) is 6.69. The molecule has 1 aliphatic heterocycles. The van der Waals surface area contributed by atoms with Crippen molar-refractivity contribution >= 4 is 5.69 Å². The third-order valence-electron chi connectivity index (χ3n) is 4.72. The normalized spacial score (nSPS) is 17.1. The van der Waals surface area contributed by atoms with Gasteiger partial charge < -0.3 is 10.2 Å². The predicted molar refractivity (Wildman–Crippen MR) is 98.0 cm³/mol. The Morgan fingerprint density at radius 2 is 1.76 bits per heavy atom. The summed E-state index contributed by atoms with van der Waals surface area (Å²) in [6.45, 7) is 3.55. The van der Waals surface area contributed by atoms with Crippen LogP contribution in [0.15, 0.2) is 42.5 Å². The van der Waals surface area contributed by atoms with Crippen LogP contribution in [0.4, 0.5) is 14.5 Å². The Labute approximate surface area is 148 Å². The first kappa shape index (κ1) is 17.8. The Hall–Kier alpha value is -1.98. The van der Waals surface area contributed by atoms with E-state index in [0.717, 1.165) is 49.9 Å². The van der Waals surface area contributed by atoms with Crippen molar-refractivity contribution in [1.29, 1.82) is 0 Å². The summed E-state index contributed by atoms with van der Waals surface area (Å²) in [4.78, 5) is 4.31. The first-order valence-corrected chi connectivity index (χ1v) is 8.73. The van der Waals surface area contributed by atoms with Crippen molar-refractivity contribution in [2.75, 3.05) is 45.2 Å². The number of anilines is 1. The molecule has 0 saturated carbocycles. The molecule has 1 fully saturated rings. The lowest BCUT2D eigenvalue weighted by Gasteiger charge is -2.32. The van der Waals surface area contributed by atoms with Gasteiger partial charge in [-0.05, 0) is 36.7 Å². The van der Waals surface area contributed by atoms with Gasteiger partial charge in [-0.15, -0.1) is 0 Å². The lowest BCUT2D eigenvalue weighted by Crippen LogP contribution is -2.33. The monoisotopic (exact) mass is 345 g/mol. The van der Waals surface area contributed by atoms with Crippen LogP contribution in [0.1, 0.15) is 23.6 Å². The summed E-state index contributed by atoms with van der Waals surface area (Å²) in [5.74, 6) is -1.03. The summed E-state index contributed by atoms with van der Waals surface area (Å²) in [5.41, 5.74) is 2.65. The molecule has 1 saturated heterocycles. The van der Waals surface area contributed by atoms with Crippen molar-refractivity contribution in [3.63, 3.8) is 0 Å². The summed E-state index contributed by atoms with van der Waals surface area (Å²) in [7, 11) is 3.99. The van der Waals surface area contributed by atoms with Crippen LogP contribution < -0.4 is 10.2 Å². The minimum absolute atomic E-state index is 0.211. The summed E-state index contributed by atoms with van der Waals surface area (Å²) >= 11 is 0. The second kappa shape index (κ2) is 7.93. The number of benzene rings is 2. The molecule has 3 rings (SSSR count). The Balaban J connectivity index is 2.01. The van der Waals surface area contributed by atoms with Crippen LogP contribution in [-0.4, -0.2) is 45.2 Å². The van der Waals surface area contributed by atoms with Gasteiger partial charge >= 0.3 is 0 Å². The molecule has 0 bridgehead atoms. The molecule has 5 heteroatoms. The van der Waals surface area contributed by atoms with Gasteiger partial charge in [0.1, 0.15) is 11.6 Å². The molecular weight excluding hydrogens is 320 g/mol. The van der Waals surface area contributed by atoms with Gasteiger partial charge in [0.2, 0.25) is 0 Å². The molecule has 2 aromatic rings. The van der Waals surface area contributed by atoms with Gasteiger partial charge in [0.15, 0.2) is 0 Å². The fraction of sp³-hybridized carbons (Fsp3) is 0.400. The number of nitrogens with zero attached hydrogens (tertiary/aromatic N) is 2. The first-order valence-electron chi connectivity index (χ1n) is 8.73. The second-order valence-corrected chi connectivity index (χ2v) is 6.69. The number of hydrogen-bond donors (Lipinski definition) is 1. The molecule has 1 atom stereocenters. The van der Waals surface area contributed by atoms with E-state index in [2.05, 4.69) is 10.2 Å². The molecule has 1 unspecified atom stereocenters. The first-order chi connectivity index (χ1) is 12.1. The van der Waals surface area contributed by atoms with Gasteiger partial charge in [0.25, 0.3) is 0 Å². The van der Waals surface area contributed by atoms with E-state index in [-0.39, 0.29) is 6.04 Å². The van der Waals surface area contributed by atoms with Crippen LogP contribution in [0.2, 0.25) is 0 Å². The SMILES string of the molecule is CN(C)c1ccc(C(c2ccc(F)cc2F)N2CCCNCC2)cc1. The maximum Gasteiger partial charge on any atom is 0.131 e. The van der Waals surface area contributed by atoms with Crippen molar-refractivity contribution in [2.45, 2.75) is 12.5 Å². The van der Waals surface area contributed by atoms with Crippen molar-refractivity contribution in [3.8, 4) is 0 Å². The van der Waals surface area contributed by atoms with E-state index in [1.807, 2.05) is 43.3 Å². The quantitative estimate of drug-likeness (QED) is 0.916. The topological polar surface area (TPSA) is 18.5 Å². The molecule has 1 aliphatic rings. The Kier molecular flexibility index (Phi) is 5.66. The van der Waals surface area contributed by atoms with Crippen LogP contribution in [0.25, 0.3) is 0 Å². The van der Waals surface area contributed by atoms with Crippen molar-refractivity contribution in [1.82, 2.24) is 10.2 Å². The number of hydrogen-bond acceptors (Lipinski definition) is 3. The highest BCUT2D eigenvalue weighted by atomic mass is 19.1. The summed E-state index contributed by atoms with van der Waals surface area (Å²) in [6, 6.07) is 11.9. The highest BCUT2D eigenvalue weighted by Gasteiger charge is 2.26.